The SMILES string of the molecule is Cc1c(F)cc(Br)c(Cl)c1F. The minimum absolute atomic E-state index is 0.0572. The van der Waals surface area contributed by atoms with E-state index in [1.165, 1.54) is 6.92 Å². The number of benzene rings is 1. The van der Waals surface area contributed by atoms with E-state index in [4.69, 9.17) is 11.6 Å². The molecule has 0 heterocycles. The molecule has 1 rings (SSSR count). The van der Waals surface area contributed by atoms with E-state index in [0.29, 0.717) is 0 Å². The molecule has 11 heavy (non-hydrogen) atoms. The molecule has 0 aliphatic carbocycles. The second-order valence-electron chi connectivity index (χ2n) is 2.09. The standard InChI is InChI=1S/C7H4BrClF2/c1-3-5(10)2-4(8)6(9)7(3)11/h2H,1H3. The Hall–Kier alpha value is -0.150. The first kappa shape index (κ1) is 8.94. The van der Waals surface area contributed by atoms with Crippen LogP contribution in [-0.2, 0) is 0 Å². The van der Waals surface area contributed by atoms with Gasteiger partial charge in [-0.05, 0) is 28.9 Å². The van der Waals surface area contributed by atoms with Crippen LogP contribution in [0, 0.1) is 18.6 Å². The van der Waals surface area contributed by atoms with E-state index < -0.39 is 11.6 Å². The maximum atomic E-state index is 12.9. The zero-order chi connectivity index (χ0) is 8.59. The highest BCUT2D eigenvalue weighted by molar-refractivity contribution is 9.10. The Labute approximate surface area is 76.3 Å². The summed E-state index contributed by atoms with van der Waals surface area (Å²) in [7, 11) is 0. The lowest BCUT2D eigenvalue weighted by Gasteiger charge is -2.01. The minimum Gasteiger partial charge on any atom is -0.207 e. The predicted octanol–water partition coefficient (Wildman–Crippen LogP) is 3.69. The zero-order valence-corrected chi connectivity index (χ0v) is 7.93. The molecule has 4 heteroatoms. The van der Waals surface area contributed by atoms with Crippen LogP contribution in [0.3, 0.4) is 0 Å². The van der Waals surface area contributed by atoms with Crippen LogP contribution < -0.4 is 0 Å². The van der Waals surface area contributed by atoms with Gasteiger partial charge in [-0.15, -0.1) is 0 Å². The quantitative estimate of drug-likeness (QED) is 0.480. The highest BCUT2D eigenvalue weighted by atomic mass is 79.9. The molecule has 0 atom stereocenters. The third-order valence-electron chi connectivity index (χ3n) is 1.34. The molecule has 0 unspecified atom stereocenters. The van der Waals surface area contributed by atoms with Crippen LogP contribution in [-0.4, -0.2) is 0 Å². The van der Waals surface area contributed by atoms with E-state index in [2.05, 4.69) is 15.9 Å². The van der Waals surface area contributed by atoms with Gasteiger partial charge in [0.1, 0.15) is 11.6 Å². The molecule has 0 amide bonds. The molecule has 0 bridgehead atoms. The maximum Gasteiger partial charge on any atom is 0.148 e. The van der Waals surface area contributed by atoms with Crippen molar-refractivity contribution in [3.05, 3.63) is 32.8 Å². The van der Waals surface area contributed by atoms with Crippen molar-refractivity contribution in [2.75, 3.05) is 0 Å². The van der Waals surface area contributed by atoms with Crippen molar-refractivity contribution in [2.45, 2.75) is 6.92 Å². The molecule has 0 nitrogen and oxygen atoms in total. The number of halogens is 4. The van der Waals surface area contributed by atoms with E-state index in [9.17, 15) is 8.78 Å². The van der Waals surface area contributed by atoms with Crippen molar-refractivity contribution in [3.63, 3.8) is 0 Å². The monoisotopic (exact) mass is 240 g/mol. The van der Waals surface area contributed by atoms with Gasteiger partial charge < -0.3 is 0 Å². The van der Waals surface area contributed by atoms with Gasteiger partial charge in [-0.25, -0.2) is 8.78 Å². The first-order valence-corrected chi connectivity index (χ1v) is 4.00. The Kier molecular flexibility index (Phi) is 2.50. The van der Waals surface area contributed by atoms with Gasteiger partial charge in [-0.3, -0.25) is 0 Å². The van der Waals surface area contributed by atoms with Crippen LogP contribution in [0.25, 0.3) is 0 Å². The van der Waals surface area contributed by atoms with Crippen LogP contribution >= 0.6 is 27.5 Å². The second-order valence-corrected chi connectivity index (χ2v) is 3.33. The van der Waals surface area contributed by atoms with Crippen molar-refractivity contribution >= 4 is 27.5 Å². The van der Waals surface area contributed by atoms with Crippen molar-refractivity contribution in [1.29, 1.82) is 0 Å². The van der Waals surface area contributed by atoms with Crippen LogP contribution in [0.4, 0.5) is 8.78 Å². The smallest absolute Gasteiger partial charge is 0.148 e. The Bertz CT molecular complexity index is 273. The summed E-state index contributed by atoms with van der Waals surface area (Å²) in [5.41, 5.74) is -0.0572. The third-order valence-corrected chi connectivity index (χ3v) is 2.57. The summed E-state index contributed by atoms with van der Waals surface area (Å²) in [6.07, 6.45) is 0. The Morgan fingerprint density at radius 2 is 2.00 bits per heavy atom. The lowest BCUT2D eigenvalue weighted by atomic mass is 10.2. The van der Waals surface area contributed by atoms with Crippen molar-refractivity contribution in [3.8, 4) is 0 Å². The average molecular weight is 241 g/mol. The van der Waals surface area contributed by atoms with Crippen molar-refractivity contribution < 1.29 is 8.78 Å². The fourth-order valence-corrected chi connectivity index (χ4v) is 1.23. The van der Waals surface area contributed by atoms with Gasteiger partial charge in [0, 0.05) is 10.0 Å². The maximum absolute atomic E-state index is 12.9. The molecule has 0 spiro atoms. The lowest BCUT2D eigenvalue weighted by Crippen LogP contribution is -1.90. The van der Waals surface area contributed by atoms with E-state index in [1.54, 1.807) is 0 Å². The first-order chi connectivity index (χ1) is 5.04. The fraction of sp³-hybridized carbons (Fsp3) is 0.143. The summed E-state index contributed by atoms with van der Waals surface area (Å²) in [4.78, 5) is 0. The molecule has 0 aromatic heterocycles. The van der Waals surface area contributed by atoms with Gasteiger partial charge >= 0.3 is 0 Å². The van der Waals surface area contributed by atoms with Gasteiger partial charge in [0.15, 0.2) is 0 Å². The topological polar surface area (TPSA) is 0 Å². The number of rotatable bonds is 0. The van der Waals surface area contributed by atoms with Gasteiger partial charge in [0.2, 0.25) is 0 Å². The first-order valence-electron chi connectivity index (χ1n) is 2.83. The molecule has 0 radical (unpaired) electrons. The molecule has 0 aliphatic heterocycles. The molecular weight excluding hydrogens is 237 g/mol. The molecule has 60 valence electrons. The minimum atomic E-state index is -0.710. The normalized spacial score (nSPS) is 10.3. The van der Waals surface area contributed by atoms with Crippen molar-refractivity contribution in [1.82, 2.24) is 0 Å². The summed E-state index contributed by atoms with van der Waals surface area (Å²) in [6.45, 7) is 1.34. The van der Waals surface area contributed by atoms with E-state index >= 15 is 0 Å². The summed E-state index contributed by atoms with van der Waals surface area (Å²) in [5.74, 6) is -1.31. The van der Waals surface area contributed by atoms with E-state index in [1.807, 2.05) is 0 Å². The number of hydrogen-bond donors (Lipinski definition) is 0. The second kappa shape index (κ2) is 3.07. The number of hydrogen-bond acceptors (Lipinski definition) is 0. The summed E-state index contributed by atoms with van der Waals surface area (Å²) < 4.78 is 25.8. The molecule has 0 saturated heterocycles. The molecule has 0 N–H and O–H groups in total. The van der Waals surface area contributed by atoms with Crippen LogP contribution in [0.1, 0.15) is 5.56 Å². The Morgan fingerprint density at radius 3 is 2.55 bits per heavy atom. The van der Waals surface area contributed by atoms with Crippen LogP contribution in [0.5, 0.6) is 0 Å². The molecule has 0 aliphatic rings. The highest BCUT2D eigenvalue weighted by Gasteiger charge is 2.11. The van der Waals surface area contributed by atoms with Gasteiger partial charge in [0.05, 0.1) is 5.02 Å². The Balaban J connectivity index is 3.46. The van der Waals surface area contributed by atoms with Crippen molar-refractivity contribution in [2.24, 2.45) is 0 Å². The summed E-state index contributed by atoms with van der Waals surface area (Å²) in [5, 5.41) is -0.0797. The molecule has 0 fully saturated rings. The zero-order valence-electron chi connectivity index (χ0n) is 5.59. The fourth-order valence-electron chi connectivity index (χ4n) is 0.657. The molecular formula is C7H4BrClF2. The molecule has 1 aromatic carbocycles. The summed E-state index contributed by atoms with van der Waals surface area (Å²) >= 11 is 8.39. The van der Waals surface area contributed by atoms with Gasteiger partial charge in [0.25, 0.3) is 0 Å². The van der Waals surface area contributed by atoms with Gasteiger partial charge in [-0.2, -0.15) is 0 Å². The summed E-state index contributed by atoms with van der Waals surface area (Å²) in [6, 6.07) is 1.14. The largest absolute Gasteiger partial charge is 0.207 e. The van der Waals surface area contributed by atoms with Crippen LogP contribution in [0.2, 0.25) is 5.02 Å². The Morgan fingerprint density at radius 1 is 1.45 bits per heavy atom. The molecule has 0 saturated carbocycles. The highest BCUT2D eigenvalue weighted by Crippen LogP contribution is 2.28. The van der Waals surface area contributed by atoms with E-state index in [0.717, 1.165) is 6.07 Å². The third kappa shape index (κ3) is 1.54. The average Bonchev–Trinajstić information content (AvgIpc) is 1.97. The van der Waals surface area contributed by atoms with Crippen LogP contribution in [0.15, 0.2) is 10.5 Å². The van der Waals surface area contributed by atoms with E-state index in [-0.39, 0.29) is 15.1 Å². The molecule has 1 aromatic rings. The van der Waals surface area contributed by atoms with Gasteiger partial charge in [-0.1, -0.05) is 11.6 Å². The predicted molar refractivity (Wildman–Crippen MR) is 43.8 cm³/mol. The lowest BCUT2D eigenvalue weighted by molar-refractivity contribution is 0.567.